The number of benzene rings is 1. The summed E-state index contributed by atoms with van der Waals surface area (Å²) in [6.07, 6.45) is 5.66. The van der Waals surface area contributed by atoms with Crippen LogP contribution in [0.2, 0.25) is 0 Å². The molecule has 0 aliphatic heterocycles. The third kappa shape index (κ3) is 3.65. The molecule has 0 saturated heterocycles. The monoisotopic (exact) mass is 254 g/mol. The van der Waals surface area contributed by atoms with Gasteiger partial charge in [0.1, 0.15) is 0 Å². The van der Waals surface area contributed by atoms with Crippen molar-refractivity contribution in [1.82, 2.24) is 10.3 Å². The summed E-state index contributed by atoms with van der Waals surface area (Å²) in [5, 5.41) is 2.91. The molecule has 2 aromatic rings. The first-order valence-electron chi connectivity index (χ1n) is 6.60. The van der Waals surface area contributed by atoms with E-state index in [-0.39, 0.29) is 5.91 Å². The van der Waals surface area contributed by atoms with Crippen molar-refractivity contribution in [3.63, 3.8) is 0 Å². The van der Waals surface area contributed by atoms with Gasteiger partial charge >= 0.3 is 0 Å². The molecule has 3 heteroatoms. The van der Waals surface area contributed by atoms with Gasteiger partial charge in [0.05, 0.1) is 0 Å². The molecule has 2 rings (SSSR count). The molecule has 3 nitrogen and oxygen atoms in total. The summed E-state index contributed by atoms with van der Waals surface area (Å²) in [6, 6.07) is 11.5. The topological polar surface area (TPSA) is 42.0 Å². The number of hydrogen-bond donors (Lipinski definition) is 1. The van der Waals surface area contributed by atoms with Gasteiger partial charge in [0.25, 0.3) is 5.91 Å². The molecular weight excluding hydrogens is 236 g/mol. The minimum atomic E-state index is -0.00816. The van der Waals surface area contributed by atoms with Crippen LogP contribution in [-0.2, 0) is 0 Å². The van der Waals surface area contributed by atoms with Crippen LogP contribution in [0, 0.1) is 0 Å². The molecule has 0 bridgehead atoms. The molecule has 1 amide bonds. The van der Waals surface area contributed by atoms with Crippen LogP contribution in [-0.4, -0.2) is 17.4 Å². The maximum Gasteiger partial charge on any atom is 0.251 e. The predicted octanol–water partition coefficient (Wildman–Crippen LogP) is 3.28. The van der Waals surface area contributed by atoms with E-state index < -0.39 is 0 Å². The standard InChI is InChI=1S/C16H18N2O/c1-2-3-11-18-16(19)14-8-6-13(7-9-14)15-5-4-10-17-12-15/h4-10,12H,2-3,11H2,1H3,(H,18,19). The van der Waals surface area contributed by atoms with Gasteiger partial charge in [-0.05, 0) is 35.7 Å². The Morgan fingerprint density at radius 3 is 2.58 bits per heavy atom. The predicted molar refractivity (Wildman–Crippen MR) is 76.9 cm³/mol. The lowest BCUT2D eigenvalue weighted by Gasteiger charge is -2.05. The Labute approximate surface area is 113 Å². The van der Waals surface area contributed by atoms with Crippen molar-refractivity contribution in [2.75, 3.05) is 6.54 Å². The second-order valence-corrected chi connectivity index (χ2v) is 4.43. The summed E-state index contributed by atoms with van der Waals surface area (Å²) in [7, 11) is 0. The highest BCUT2D eigenvalue weighted by molar-refractivity contribution is 5.94. The highest BCUT2D eigenvalue weighted by atomic mass is 16.1. The number of hydrogen-bond acceptors (Lipinski definition) is 2. The highest BCUT2D eigenvalue weighted by Crippen LogP contribution is 2.18. The van der Waals surface area contributed by atoms with Crippen LogP contribution in [0.3, 0.4) is 0 Å². The number of rotatable bonds is 5. The molecule has 0 aliphatic carbocycles. The first-order valence-corrected chi connectivity index (χ1v) is 6.60. The van der Waals surface area contributed by atoms with Crippen molar-refractivity contribution in [3.8, 4) is 11.1 Å². The van der Waals surface area contributed by atoms with Crippen LogP contribution in [0.25, 0.3) is 11.1 Å². The van der Waals surface area contributed by atoms with Crippen molar-refractivity contribution in [1.29, 1.82) is 0 Å². The maximum absolute atomic E-state index is 11.8. The molecular formula is C16H18N2O. The Bertz CT molecular complexity index is 520. The first kappa shape index (κ1) is 13.3. The minimum Gasteiger partial charge on any atom is -0.352 e. The van der Waals surface area contributed by atoms with Crippen molar-refractivity contribution in [2.24, 2.45) is 0 Å². The fraction of sp³-hybridized carbons (Fsp3) is 0.250. The SMILES string of the molecule is CCCCNC(=O)c1ccc(-c2cccnc2)cc1. The number of aromatic nitrogens is 1. The molecule has 0 unspecified atom stereocenters. The lowest BCUT2D eigenvalue weighted by molar-refractivity contribution is 0.0953. The Balaban J connectivity index is 2.04. The van der Waals surface area contributed by atoms with Gasteiger partial charge in [-0.1, -0.05) is 31.5 Å². The van der Waals surface area contributed by atoms with Crippen molar-refractivity contribution >= 4 is 5.91 Å². The van der Waals surface area contributed by atoms with Crippen LogP contribution in [0.1, 0.15) is 30.1 Å². The van der Waals surface area contributed by atoms with Crippen molar-refractivity contribution in [3.05, 3.63) is 54.4 Å². The number of carbonyl (C=O) groups is 1. The Morgan fingerprint density at radius 1 is 1.16 bits per heavy atom. The number of carbonyl (C=O) groups excluding carboxylic acids is 1. The van der Waals surface area contributed by atoms with Gasteiger partial charge < -0.3 is 5.32 Å². The normalized spacial score (nSPS) is 10.2. The molecule has 0 aliphatic rings. The zero-order valence-corrected chi connectivity index (χ0v) is 11.1. The van der Waals surface area contributed by atoms with Crippen LogP contribution < -0.4 is 5.32 Å². The number of nitrogens with one attached hydrogen (secondary N) is 1. The van der Waals surface area contributed by atoms with E-state index in [0.29, 0.717) is 5.56 Å². The number of amides is 1. The molecule has 1 aromatic carbocycles. The molecule has 0 saturated carbocycles. The summed E-state index contributed by atoms with van der Waals surface area (Å²) < 4.78 is 0. The van der Waals surface area contributed by atoms with Gasteiger partial charge in [-0.3, -0.25) is 9.78 Å². The molecule has 0 spiro atoms. The van der Waals surface area contributed by atoms with E-state index in [1.807, 2.05) is 42.6 Å². The molecule has 0 atom stereocenters. The molecule has 1 heterocycles. The average Bonchev–Trinajstić information content (AvgIpc) is 2.48. The summed E-state index contributed by atoms with van der Waals surface area (Å²) in [5.74, 6) is -0.00816. The average molecular weight is 254 g/mol. The highest BCUT2D eigenvalue weighted by Gasteiger charge is 2.04. The van der Waals surface area contributed by atoms with Crippen LogP contribution in [0.5, 0.6) is 0 Å². The molecule has 19 heavy (non-hydrogen) atoms. The molecule has 1 aromatic heterocycles. The molecule has 1 N–H and O–H groups in total. The maximum atomic E-state index is 11.8. The Morgan fingerprint density at radius 2 is 1.95 bits per heavy atom. The van der Waals surface area contributed by atoms with E-state index in [2.05, 4.69) is 17.2 Å². The molecule has 0 radical (unpaired) electrons. The van der Waals surface area contributed by atoms with Crippen LogP contribution >= 0.6 is 0 Å². The van der Waals surface area contributed by atoms with E-state index in [1.165, 1.54) is 0 Å². The largest absolute Gasteiger partial charge is 0.352 e. The summed E-state index contributed by atoms with van der Waals surface area (Å²) >= 11 is 0. The number of pyridine rings is 1. The van der Waals surface area contributed by atoms with E-state index in [1.54, 1.807) is 6.20 Å². The minimum absolute atomic E-state index is 0.00816. The Kier molecular flexibility index (Phi) is 4.67. The second kappa shape index (κ2) is 6.69. The summed E-state index contributed by atoms with van der Waals surface area (Å²) in [4.78, 5) is 15.9. The first-order chi connectivity index (χ1) is 9.31. The smallest absolute Gasteiger partial charge is 0.251 e. The van der Waals surface area contributed by atoms with E-state index in [0.717, 1.165) is 30.5 Å². The van der Waals surface area contributed by atoms with Gasteiger partial charge in [0.2, 0.25) is 0 Å². The quantitative estimate of drug-likeness (QED) is 0.832. The zero-order valence-electron chi connectivity index (χ0n) is 11.1. The van der Waals surface area contributed by atoms with E-state index in [4.69, 9.17) is 0 Å². The second-order valence-electron chi connectivity index (χ2n) is 4.43. The van der Waals surface area contributed by atoms with Gasteiger partial charge in [-0.25, -0.2) is 0 Å². The van der Waals surface area contributed by atoms with Crippen LogP contribution in [0.4, 0.5) is 0 Å². The third-order valence-electron chi connectivity index (χ3n) is 2.96. The lowest BCUT2D eigenvalue weighted by Crippen LogP contribution is -2.24. The fourth-order valence-corrected chi connectivity index (χ4v) is 1.83. The van der Waals surface area contributed by atoms with Gasteiger partial charge in [0.15, 0.2) is 0 Å². The summed E-state index contributed by atoms with van der Waals surface area (Å²) in [5.41, 5.74) is 2.82. The van der Waals surface area contributed by atoms with Crippen LogP contribution in [0.15, 0.2) is 48.8 Å². The zero-order chi connectivity index (χ0) is 13.5. The van der Waals surface area contributed by atoms with Gasteiger partial charge in [-0.2, -0.15) is 0 Å². The molecule has 0 fully saturated rings. The van der Waals surface area contributed by atoms with Crippen molar-refractivity contribution < 1.29 is 4.79 Å². The fourth-order valence-electron chi connectivity index (χ4n) is 1.83. The van der Waals surface area contributed by atoms with Gasteiger partial charge in [-0.15, -0.1) is 0 Å². The Hall–Kier alpha value is -2.16. The van der Waals surface area contributed by atoms with E-state index in [9.17, 15) is 4.79 Å². The number of unbranched alkanes of at least 4 members (excludes halogenated alkanes) is 1. The third-order valence-corrected chi connectivity index (χ3v) is 2.96. The molecule has 98 valence electrons. The lowest BCUT2D eigenvalue weighted by atomic mass is 10.1. The van der Waals surface area contributed by atoms with E-state index >= 15 is 0 Å². The van der Waals surface area contributed by atoms with Gasteiger partial charge in [0, 0.05) is 24.5 Å². The van der Waals surface area contributed by atoms with Crippen molar-refractivity contribution in [2.45, 2.75) is 19.8 Å². The number of nitrogens with zero attached hydrogens (tertiary/aromatic N) is 1. The summed E-state index contributed by atoms with van der Waals surface area (Å²) in [6.45, 7) is 2.84.